The fraction of sp³-hybridized carbons (Fsp3) is 0.500. The highest BCUT2D eigenvalue weighted by atomic mass is 79.9. The van der Waals surface area contributed by atoms with Crippen molar-refractivity contribution in [2.45, 2.75) is 40.5 Å². The molecule has 1 aromatic rings. The molecule has 0 heterocycles. The number of hydrogen-bond acceptors (Lipinski definition) is 1. The maximum absolute atomic E-state index is 12.8. The van der Waals surface area contributed by atoms with Gasteiger partial charge in [-0.3, -0.25) is 4.79 Å². The van der Waals surface area contributed by atoms with Crippen molar-refractivity contribution in [1.29, 1.82) is 0 Å². The van der Waals surface area contributed by atoms with Crippen LogP contribution in [0, 0.1) is 16.2 Å². The smallest absolute Gasteiger partial charge is 0.165 e. The topological polar surface area (TPSA) is 17.1 Å². The second kappa shape index (κ2) is 4.56. The third-order valence-electron chi connectivity index (χ3n) is 6.33. The lowest BCUT2D eigenvalue weighted by molar-refractivity contribution is -0.125. The Morgan fingerprint density at radius 1 is 0.950 bits per heavy atom. The Morgan fingerprint density at radius 3 is 2.00 bits per heavy atom. The lowest BCUT2D eigenvalue weighted by atomic mass is 9.65. The summed E-state index contributed by atoms with van der Waals surface area (Å²) in [6.45, 7) is 8.97. The second-order valence-corrected chi connectivity index (χ2v) is 7.09. The normalized spacial score (nSPS) is 36.2. The lowest BCUT2D eigenvalue weighted by Gasteiger charge is -2.37. The summed E-state index contributed by atoms with van der Waals surface area (Å²) in [4.78, 5) is 12.8. The maximum atomic E-state index is 12.8. The zero-order chi connectivity index (χ0) is 13.9. The molecule has 0 saturated heterocycles. The molecule has 2 atom stereocenters. The minimum atomic E-state index is -0.178. The largest absolute Gasteiger partial charge is 0.294 e. The molecule has 2 heteroatoms. The van der Waals surface area contributed by atoms with Gasteiger partial charge in [0.25, 0.3) is 0 Å². The molecule has 108 valence electrons. The molecule has 2 unspecified atom stereocenters. The van der Waals surface area contributed by atoms with Crippen LogP contribution in [0.1, 0.15) is 46.1 Å². The number of benzene rings is 1. The second-order valence-electron chi connectivity index (χ2n) is 7.09. The molecule has 0 aliphatic heterocycles. The number of carbonyl (C=O) groups is 1. The van der Waals surface area contributed by atoms with E-state index in [-0.39, 0.29) is 33.2 Å². The van der Waals surface area contributed by atoms with Crippen molar-refractivity contribution in [2.24, 2.45) is 16.2 Å². The minimum absolute atomic E-state index is 0. The number of Topliss-reactive ketones (excluding diaryl/α,β-unsaturated/α-hetero) is 1. The van der Waals surface area contributed by atoms with Crippen LogP contribution in [0.5, 0.6) is 0 Å². The Bertz CT molecular complexity index is 572. The van der Waals surface area contributed by atoms with E-state index in [9.17, 15) is 4.79 Å². The molecule has 0 N–H and O–H groups in total. The number of halogens is 1. The van der Waals surface area contributed by atoms with Crippen molar-refractivity contribution in [2.75, 3.05) is 0 Å². The van der Waals surface area contributed by atoms with Crippen molar-refractivity contribution in [3.8, 4) is 0 Å². The summed E-state index contributed by atoms with van der Waals surface area (Å²) in [5.74, 6) is 0.370. The molecule has 0 amide bonds. The molecule has 0 spiro atoms. The summed E-state index contributed by atoms with van der Waals surface area (Å²) in [6.07, 6.45) is 4.27. The van der Waals surface area contributed by atoms with Crippen LogP contribution in [0.4, 0.5) is 0 Å². The molecule has 20 heavy (non-hydrogen) atoms. The summed E-state index contributed by atoms with van der Waals surface area (Å²) in [7, 11) is 0. The van der Waals surface area contributed by atoms with Crippen molar-refractivity contribution < 1.29 is 4.79 Å². The Kier molecular flexibility index (Phi) is 3.53. The van der Waals surface area contributed by atoms with E-state index >= 15 is 0 Å². The molecule has 1 nitrogen and oxygen atoms in total. The monoisotopic (exact) mass is 334 g/mol. The van der Waals surface area contributed by atoms with Gasteiger partial charge in [-0.25, -0.2) is 0 Å². The predicted molar refractivity (Wildman–Crippen MR) is 89.0 cm³/mol. The number of carbonyl (C=O) groups excluding carboxylic acids is 1. The molecule has 2 bridgehead atoms. The number of ketones is 1. The zero-order valence-corrected chi connectivity index (χ0v) is 14.4. The third-order valence-corrected chi connectivity index (χ3v) is 6.33. The van der Waals surface area contributed by atoms with Crippen LogP contribution < -0.4 is 0 Å². The molecule has 3 rings (SSSR count). The fourth-order valence-electron chi connectivity index (χ4n) is 4.09. The Morgan fingerprint density at radius 2 is 1.50 bits per heavy atom. The summed E-state index contributed by atoms with van der Waals surface area (Å²) in [5, 5.41) is 0. The quantitative estimate of drug-likeness (QED) is 0.656. The van der Waals surface area contributed by atoms with Crippen LogP contribution >= 0.6 is 17.0 Å². The first-order valence-electron chi connectivity index (χ1n) is 7.15. The van der Waals surface area contributed by atoms with Gasteiger partial charge in [0.2, 0.25) is 0 Å². The number of fused-ring (bicyclic) bond motifs is 2. The minimum Gasteiger partial charge on any atom is -0.294 e. The van der Waals surface area contributed by atoms with Gasteiger partial charge in [-0.05, 0) is 29.9 Å². The molecule has 2 aliphatic rings. The van der Waals surface area contributed by atoms with Crippen LogP contribution in [0.2, 0.25) is 0 Å². The number of rotatable bonds is 1. The molecular formula is C18H23BrO. The van der Waals surface area contributed by atoms with E-state index in [0.717, 1.165) is 24.0 Å². The Labute approximate surface area is 132 Å². The van der Waals surface area contributed by atoms with E-state index in [0.29, 0.717) is 5.78 Å². The van der Waals surface area contributed by atoms with Crippen molar-refractivity contribution in [3.05, 3.63) is 41.5 Å². The fourth-order valence-corrected chi connectivity index (χ4v) is 4.09. The third kappa shape index (κ3) is 1.64. The molecular weight excluding hydrogens is 312 g/mol. The molecule has 2 fully saturated rings. The summed E-state index contributed by atoms with van der Waals surface area (Å²) in [6, 6.07) is 10.2. The Hall–Kier alpha value is -0.890. The summed E-state index contributed by atoms with van der Waals surface area (Å²) < 4.78 is 0. The van der Waals surface area contributed by atoms with Crippen LogP contribution in [-0.4, -0.2) is 5.78 Å². The van der Waals surface area contributed by atoms with Gasteiger partial charge in [0.1, 0.15) is 0 Å². The first kappa shape index (κ1) is 15.5. The highest BCUT2D eigenvalue weighted by Crippen LogP contribution is 2.72. The predicted octanol–water partition coefficient (Wildman–Crippen LogP) is 5.06. The zero-order valence-electron chi connectivity index (χ0n) is 12.7. The van der Waals surface area contributed by atoms with Crippen molar-refractivity contribution in [1.82, 2.24) is 0 Å². The van der Waals surface area contributed by atoms with Crippen LogP contribution in [0.15, 0.2) is 35.9 Å². The van der Waals surface area contributed by atoms with E-state index in [2.05, 4.69) is 45.9 Å². The first-order chi connectivity index (χ1) is 8.83. The van der Waals surface area contributed by atoms with Crippen molar-refractivity contribution in [3.63, 3.8) is 0 Å². The lowest BCUT2D eigenvalue weighted by Crippen LogP contribution is -2.34. The van der Waals surface area contributed by atoms with Gasteiger partial charge in [-0.1, -0.05) is 58.0 Å². The Balaban J connectivity index is 0.00000147. The SMILES string of the molecule is Br.CC12CCC(C)(C(=Cc3ccccc3)C1=O)C2(C)C. The standard InChI is InChI=1S/C18H22O.BrH/c1-16(2)17(3)10-11-18(16,4)15(19)14(17)12-13-8-6-5-7-9-13;/h5-9,12H,10-11H2,1-4H3;1H. The molecule has 0 aromatic heterocycles. The average molecular weight is 335 g/mol. The van der Waals surface area contributed by atoms with E-state index in [1.807, 2.05) is 18.2 Å². The van der Waals surface area contributed by atoms with Crippen LogP contribution in [-0.2, 0) is 4.79 Å². The van der Waals surface area contributed by atoms with Crippen LogP contribution in [0.3, 0.4) is 0 Å². The van der Waals surface area contributed by atoms with E-state index in [1.54, 1.807) is 0 Å². The molecule has 2 aliphatic carbocycles. The average Bonchev–Trinajstić information content (AvgIpc) is 2.63. The van der Waals surface area contributed by atoms with Gasteiger partial charge in [-0.15, -0.1) is 17.0 Å². The number of allylic oxidation sites excluding steroid dienone is 1. The molecule has 0 radical (unpaired) electrons. The summed E-state index contributed by atoms with van der Waals surface area (Å²) >= 11 is 0. The van der Waals surface area contributed by atoms with E-state index in [1.165, 1.54) is 0 Å². The molecule has 2 saturated carbocycles. The van der Waals surface area contributed by atoms with Gasteiger partial charge in [0, 0.05) is 16.4 Å². The van der Waals surface area contributed by atoms with Crippen molar-refractivity contribution >= 4 is 28.8 Å². The van der Waals surface area contributed by atoms with Gasteiger partial charge >= 0.3 is 0 Å². The highest BCUT2D eigenvalue weighted by molar-refractivity contribution is 8.93. The first-order valence-corrected chi connectivity index (χ1v) is 7.15. The van der Waals surface area contributed by atoms with Gasteiger partial charge in [-0.2, -0.15) is 0 Å². The number of hydrogen-bond donors (Lipinski definition) is 0. The van der Waals surface area contributed by atoms with E-state index < -0.39 is 0 Å². The summed E-state index contributed by atoms with van der Waals surface area (Å²) in [5.41, 5.74) is 2.07. The maximum Gasteiger partial charge on any atom is 0.165 e. The van der Waals surface area contributed by atoms with E-state index in [4.69, 9.17) is 0 Å². The highest BCUT2D eigenvalue weighted by Gasteiger charge is 2.69. The van der Waals surface area contributed by atoms with Gasteiger partial charge in [0.05, 0.1) is 0 Å². The van der Waals surface area contributed by atoms with Gasteiger partial charge < -0.3 is 0 Å². The van der Waals surface area contributed by atoms with Crippen LogP contribution in [0.25, 0.3) is 6.08 Å². The molecule has 1 aromatic carbocycles. The van der Waals surface area contributed by atoms with Gasteiger partial charge in [0.15, 0.2) is 5.78 Å².